The van der Waals surface area contributed by atoms with Crippen molar-refractivity contribution >= 4 is 6.09 Å². The van der Waals surface area contributed by atoms with Crippen molar-refractivity contribution in [2.45, 2.75) is 38.2 Å². The summed E-state index contributed by atoms with van der Waals surface area (Å²) in [5, 5.41) is 0. The molecule has 4 heteroatoms. The Balaban J connectivity index is 1.81. The van der Waals surface area contributed by atoms with Crippen molar-refractivity contribution < 1.29 is 9.53 Å². The number of rotatable bonds is 3. The fourth-order valence-corrected chi connectivity index (χ4v) is 2.53. The molecule has 1 atom stereocenters. The van der Waals surface area contributed by atoms with Gasteiger partial charge in [0, 0.05) is 13.1 Å². The first kappa shape index (κ1) is 10.7. The van der Waals surface area contributed by atoms with Crippen molar-refractivity contribution in [1.29, 1.82) is 0 Å². The van der Waals surface area contributed by atoms with Gasteiger partial charge in [0.2, 0.25) is 0 Å². The number of hydrogen-bond acceptors (Lipinski definition) is 3. The maximum absolute atomic E-state index is 11.5. The summed E-state index contributed by atoms with van der Waals surface area (Å²) in [6.45, 7) is 1.99. The third-order valence-electron chi connectivity index (χ3n) is 3.42. The van der Waals surface area contributed by atoms with Gasteiger partial charge in [-0.05, 0) is 18.8 Å². The summed E-state index contributed by atoms with van der Waals surface area (Å²) in [5.74, 6) is 0.683. The van der Waals surface area contributed by atoms with E-state index >= 15 is 0 Å². The lowest BCUT2D eigenvalue weighted by Gasteiger charge is -2.25. The zero-order valence-corrected chi connectivity index (χ0v) is 9.15. The molecule has 15 heavy (non-hydrogen) atoms. The summed E-state index contributed by atoms with van der Waals surface area (Å²) in [6, 6.07) is 0. The van der Waals surface area contributed by atoms with E-state index in [2.05, 4.69) is 0 Å². The molecule has 1 saturated heterocycles. The van der Waals surface area contributed by atoms with Crippen LogP contribution in [-0.2, 0) is 4.74 Å². The first-order valence-corrected chi connectivity index (χ1v) is 5.95. The number of ether oxygens (including phenoxy) is 1. The van der Waals surface area contributed by atoms with Crippen LogP contribution >= 0.6 is 0 Å². The van der Waals surface area contributed by atoms with E-state index in [1.165, 1.54) is 32.1 Å². The van der Waals surface area contributed by atoms with Crippen molar-refractivity contribution in [2.24, 2.45) is 11.7 Å². The highest BCUT2D eigenvalue weighted by atomic mass is 16.6. The number of carbonyl (C=O) groups is 1. The predicted octanol–water partition coefficient (Wildman–Crippen LogP) is 1.35. The molecule has 1 heterocycles. The zero-order valence-electron chi connectivity index (χ0n) is 9.15. The molecule has 1 amide bonds. The number of carbonyl (C=O) groups excluding carboxylic acids is 1. The molecule has 86 valence electrons. The maximum atomic E-state index is 11.5. The Morgan fingerprint density at radius 1 is 1.33 bits per heavy atom. The molecule has 0 bridgehead atoms. The van der Waals surface area contributed by atoms with E-state index in [-0.39, 0.29) is 12.2 Å². The maximum Gasteiger partial charge on any atom is 0.410 e. The Morgan fingerprint density at radius 3 is 2.67 bits per heavy atom. The van der Waals surface area contributed by atoms with Crippen LogP contribution in [0.1, 0.15) is 32.1 Å². The van der Waals surface area contributed by atoms with Gasteiger partial charge >= 0.3 is 6.09 Å². The minimum atomic E-state index is -0.170. The molecule has 2 fully saturated rings. The van der Waals surface area contributed by atoms with Crippen LogP contribution in [0.3, 0.4) is 0 Å². The quantitative estimate of drug-likeness (QED) is 0.768. The van der Waals surface area contributed by atoms with Crippen molar-refractivity contribution in [3.8, 4) is 0 Å². The lowest BCUT2D eigenvalue weighted by Crippen LogP contribution is -2.32. The SMILES string of the molecule is NCC1CN(CC2CCCCC2)C(=O)O1. The van der Waals surface area contributed by atoms with Crippen molar-refractivity contribution in [1.82, 2.24) is 4.90 Å². The second kappa shape index (κ2) is 4.84. The fourth-order valence-electron chi connectivity index (χ4n) is 2.53. The lowest BCUT2D eigenvalue weighted by atomic mass is 9.89. The van der Waals surface area contributed by atoms with Gasteiger partial charge < -0.3 is 15.4 Å². The van der Waals surface area contributed by atoms with Gasteiger partial charge in [-0.3, -0.25) is 0 Å². The van der Waals surface area contributed by atoms with E-state index in [4.69, 9.17) is 10.5 Å². The highest BCUT2D eigenvalue weighted by molar-refractivity contribution is 5.69. The normalized spacial score (nSPS) is 28.2. The van der Waals surface area contributed by atoms with Crippen LogP contribution in [0.4, 0.5) is 4.79 Å². The van der Waals surface area contributed by atoms with Gasteiger partial charge in [-0.2, -0.15) is 0 Å². The number of amides is 1. The largest absolute Gasteiger partial charge is 0.443 e. The molecule has 0 aromatic rings. The monoisotopic (exact) mass is 212 g/mol. The standard InChI is InChI=1S/C11H20N2O2/c12-6-10-8-13(11(14)15-10)7-9-4-2-1-3-5-9/h9-10H,1-8,12H2. The molecule has 4 nitrogen and oxygen atoms in total. The van der Waals surface area contributed by atoms with E-state index in [1.54, 1.807) is 0 Å². The second-order valence-corrected chi connectivity index (χ2v) is 4.65. The minimum absolute atomic E-state index is 0.0823. The van der Waals surface area contributed by atoms with Crippen LogP contribution < -0.4 is 5.73 Å². The molecule has 2 N–H and O–H groups in total. The van der Waals surface area contributed by atoms with Crippen LogP contribution in [0.5, 0.6) is 0 Å². The highest BCUT2D eigenvalue weighted by Gasteiger charge is 2.31. The molecule has 1 aliphatic carbocycles. The van der Waals surface area contributed by atoms with Gasteiger partial charge in [-0.25, -0.2) is 4.79 Å². The van der Waals surface area contributed by atoms with Gasteiger partial charge in [-0.15, -0.1) is 0 Å². The molecular weight excluding hydrogens is 192 g/mol. The fraction of sp³-hybridized carbons (Fsp3) is 0.909. The summed E-state index contributed by atoms with van der Waals surface area (Å²) < 4.78 is 5.13. The highest BCUT2D eigenvalue weighted by Crippen LogP contribution is 2.25. The van der Waals surface area contributed by atoms with E-state index in [9.17, 15) is 4.79 Å². The first-order chi connectivity index (χ1) is 7.29. The molecule has 1 unspecified atom stereocenters. The second-order valence-electron chi connectivity index (χ2n) is 4.65. The van der Waals surface area contributed by atoms with E-state index < -0.39 is 0 Å². The number of hydrogen-bond donors (Lipinski definition) is 1. The lowest BCUT2D eigenvalue weighted by molar-refractivity contribution is 0.131. The van der Waals surface area contributed by atoms with E-state index in [1.807, 2.05) is 4.90 Å². The van der Waals surface area contributed by atoms with Crippen molar-refractivity contribution in [3.05, 3.63) is 0 Å². The molecule has 0 aromatic carbocycles. The van der Waals surface area contributed by atoms with Crippen LogP contribution in [0.25, 0.3) is 0 Å². The van der Waals surface area contributed by atoms with Crippen LogP contribution in [0.15, 0.2) is 0 Å². The van der Waals surface area contributed by atoms with Gasteiger partial charge in [0.05, 0.1) is 6.54 Å². The Kier molecular flexibility index (Phi) is 3.46. The summed E-state index contributed by atoms with van der Waals surface area (Å²) in [7, 11) is 0. The number of nitrogens with two attached hydrogens (primary N) is 1. The molecule has 1 saturated carbocycles. The Bertz CT molecular complexity index is 227. The Labute approximate surface area is 90.8 Å². The van der Waals surface area contributed by atoms with Gasteiger partial charge in [-0.1, -0.05) is 19.3 Å². The van der Waals surface area contributed by atoms with Crippen LogP contribution in [-0.4, -0.2) is 36.7 Å². The molecular formula is C11H20N2O2. The summed E-state index contributed by atoms with van der Waals surface area (Å²) in [6.07, 6.45) is 6.25. The van der Waals surface area contributed by atoms with Crippen LogP contribution in [0, 0.1) is 5.92 Å². The first-order valence-electron chi connectivity index (χ1n) is 5.95. The molecule has 0 aromatic heterocycles. The topological polar surface area (TPSA) is 55.6 Å². The van der Waals surface area contributed by atoms with Gasteiger partial charge in [0.15, 0.2) is 0 Å². The third-order valence-corrected chi connectivity index (χ3v) is 3.42. The average molecular weight is 212 g/mol. The molecule has 0 spiro atoms. The van der Waals surface area contributed by atoms with Crippen molar-refractivity contribution in [3.63, 3.8) is 0 Å². The van der Waals surface area contributed by atoms with Crippen molar-refractivity contribution in [2.75, 3.05) is 19.6 Å². The summed E-state index contributed by atoms with van der Waals surface area (Å²) >= 11 is 0. The van der Waals surface area contributed by atoms with E-state index in [0.717, 1.165) is 6.54 Å². The van der Waals surface area contributed by atoms with E-state index in [0.29, 0.717) is 19.0 Å². The van der Waals surface area contributed by atoms with Gasteiger partial charge in [0.1, 0.15) is 6.10 Å². The minimum Gasteiger partial charge on any atom is -0.443 e. The number of cyclic esters (lactones) is 1. The summed E-state index contributed by atoms with van der Waals surface area (Å²) in [4.78, 5) is 13.3. The predicted molar refractivity (Wildman–Crippen MR) is 57.5 cm³/mol. The van der Waals surface area contributed by atoms with Crippen LogP contribution in [0.2, 0.25) is 0 Å². The smallest absolute Gasteiger partial charge is 0.410 e. The van der Waals surface area contributed by atoms with Gasteiger partial charge in [0.25, 0.3) is 0 Å². The molecule has 2 aliphatic rings. The third kappa shape index (κ3) is 2.62. The molecule has 1 aliphatic heterocycles. The summed E-state index contributed by atoms with van der Waals surface area (Å²) in [5.41, 5.74) is 5.49. The molecule has 2 rings (SSSR count). The zero-order chi connectivity index (χ0) is 10.7. The Hall–Kier alpha value is -0.770. The Morgan fingerprint density at radius 2 is 2.07 bits per heavy atom. The number of nitrogens with zero attached hydrogens (tertiary/aromatic N) is 1. The average Bonchev–Trinajstić information content (AvgIpc) is 2.61. The molecule has 0 radical (unpaired) electrons.